The summed E-state index contributed by atoms with van der Waals surface area (Å²) in [6, 6.07) is 14.9. The second-order valence-electron chi connectivity index (χ2n) is 9.29. The van der Waals surface area contributed by atoms with Crippen LogP contribution in [0, 0.1) is 0 Å². The number of carbonyl (C=O) groups excluding carboxylic acids is 3. The van der Waals surface area contributed by atoms with Crippen molar-refractivity contribution in [1.82, 2.24) is 9.80 Å². The number of likely N-dealkylation sites (tertiary alicyclic amines) is 1. The topological polar surface area (TPSA) is 79.0 Å². The second kappa shape index (κ2) is 8.65. The Balaban J connectivity index is 1.40. The summed E-state index contributed by atoms with van der Waals surface area (Å²) in [4.78, 5) is 40.8. The number of amides is 3. The Morgan fingerprint density at radius 1 is 0.969 bits per heavy atom. The quantitative estimate of drug-likeness (QED) is 0.725. The maximum absolute atomic E-state index is 12.7. The van der Waals surface area contributed by atoms with E-state index in [1.54, 1.807) is 29.2 Å². The van der Waals surface area contributed by atoms with Crippen LogP contribution in [0.25, 0.3) is 0 Å². The van der Waals surface area contributed by atoms with Crippen LogP contribution < -0.4 is 5.32 Å². The number of rotatable bonds is 4. The summed E-state index contributed by atoms with van der Waals surface area (Å²) in [5.74, 6) is -0.517. The van der Waals surface area contributed by atoms with Crippen molar-refractivity contribution in [2.45, 2.75) is 51.8 Å². The number of imide groups is 1. The molecule has 2 aliphatic rings. The van der Waals surface area contributed by atoms with E-state index in [2.05, 4.69) is 5.32 Å². The predicted octanol–water partition coefficient (Wildman–Crippen LogP) is 4.29. The highest BCUT2D eigenvalue weighted by Crippen LogP contribution is 2.27. The van der Waals surface area contributed by atoms with Crippen LogP contribution in [0.3, 0.4) is 0 Å². The molecule has 2 aromatic carbocycles. The standard InChI is InChI=1S/C25H29N3O4/c1-25(2,3)32-24(31)27-14-12-18(13-15-27)26-21-11-7-4-8-17(21)16-28-22(29)19-9-5-6-10-20(19)23(28)30/h4-11,18,26H,12-16H2,1-3H3. The van der Waals surface area contributed by atoms with Gasteiger partial charge in [-0.05, 0) is 57.4 Å². The molecule has 7 heteroatoms. The normalized spacial score (nSPS) is 16.8. The molecule has 32 heavy (non-hydrogen) atoms. The number of carbonyl (C=O) groups is 3. The number of ether oxygens (including phenoxy) is 1. The summed E-state index contributed by atoms with van der Waals surface area (Å²) in [6.07, 6.45) is 1.31. The molecule has 0 unspecified atom stereocenters. The van der Waals surface area contributed by atoms with Gasteiger partial charge in [0, 0.05) is 24.8 Å². The average molecular weight is 436 g/mol. The van der Waals surface area contributed by atoms with Gasteiger partial charge < -0.3 is 15.0 Å². The van der Waals surface area contributed by atoms with Crippen molar-refractivity contribution in [3.63, 3.8) is 0 Å². The zero-order valence-corrected chi connectivity index (χ0v) is 18.8. The molecule has 1 saturated heterocycles. The van der Waals surface area contributed by atoms with Crippen molar-refractivity contribution < 1.29 is 19.1 Å². The minimum Gasteiger partial charge on any atom is -0.444 e. The SMILES string of the molecule is CC(C)(C)OC(=O)N1CCC(Nc2ccccc2CN2C(=O)c3ccccc3C2=O)CC1. The van der Waals surface area contributed by atoms with Gasteiger partial charge in [-0.2, -0.15) is 0 Å². The van der Waals surface area contributed by atoms with Crippen LogP contribution >= 0.6 is 0 Å². The molecule has 1 N–H and O–H groups in total. The molecule has 0 bridgehead atoms. The van der Waals surface area contributed by atoms with Crippen molar-refractivity contribution >= 4 is 23.6 Å². The molecule has 0 saturated carbocycles. The van der Waals surface area contributed by atoms with Crippen molar-refractivity contribution in [2.75, 3.05) is 18.4 Å². The summed E-state index contributed by atoms with van der Waals surface area (Å²) < 4.78 is 5.47. The smallest absolute Gasteiger partial charge is 0.410 e. The molecule has 1 fully saturated rings. The Hall–Kier alpha value is -3.35. The van der Waals surface area contributed by atoms with Crippen LogP contribution in [0.1, 0.15) is 59.9 Å². The van der Waals surface area contributed by atoms with Crippen LogP contribution in [-0.2, 0) is 11.3 Å². The van der Waals surface area contributed by atoms with Gasteiger partial charge in [0.05, 0.1) is 17.7 Å². The highest BCUT2D eigenvalue weighted by Gasteiger charge is 2.35. The van der Waals surface area contributed by atoms with E-state index in [4.69, 9.17) is 4.74 Å². The average Bonchev–Trinajstić information content (AvgIpc) is 2.99. The predicted molar refractivity (Wildman–Crippen MR) is 122 cm³/mol. The van der Waals surface area contributed by atoms with Crippen molar-refractivity contribution in [3.05, 3.63) is 65.2 Å². The molecule has 0 aliphatic carbocycles. The van der Waals surface area contributed by atoms with Crippen molar-refractivity contribution in [2.24, 2.45) is 0 Å². The minimum atomic E-state index is -0.505. The van der Waals surface area contributed by atoms with Crippen LogP contribution in [0.5, 0.6) is 0 Å². The molecule has 2 heterocycles. The third kappa shape index (κ3) is 4.61. The van der Waals surface area contributed by atoms with E-state index in [1.165, 1.54) is 4.90 Å². The van der Waals surface area contributed by atoms with Gasteiger partial charge in [0.15, 0.2) is 0 Å². The van der Waals surface area contributed by atoms with Gasteiger partial charge in [-0.1, -0.05) is 30.3 Å². The summed E-state index contributed by atoms with van der Waals surface area (Å²) in [7, 11) is 0. The zero-order valence-electron chi connectivity index (χ0n) is 18.8. The van der Waals surface area contributed by atoms with Gasteiger partial charge in [-0.25, -0.2) is 4.79 Å². The fourth-order valence-corrected chi connectivity index (χ4v) is 4.10. The lowest BCUT2D eigenvalue weighted by Crippen LogP contribution is -2.44. The molecule has 168 valence electrons. The number of benzene rings is 2. The fourth-order valence-electron chi connectivity index (χ4n) is 4.10. The fraction of sp³-hybridized carbons (Fsp3) is 0.400. The Labute approximate surface area is 188 Å². The lowest BCUT2D eigenvalue weighted by molar-refractivity contribution is 0.0210. The van der Waals surface area contributed by atoms with E-state index >= 15 is 0 Å². The Morgan fingerprint density at radius 2 is 1.53 bits per heavy atom. The van der Waals surface area contributed by atoms with Gasteiger partial charge in [-0.15, -0.1) is 0 Å². The third-order valence-electron chi connectivity index (χ3n) is 5.73. The second-order valence-corrected chi connectivity index (χ2v) is 9.29. The van der Waals surface area contributed by atoms with Crippen molar-refractivity contribution in [1.29, 1.82) is 0 Å². The van der Waals surface area contributed by atoms with Gasteiger partial charge >= 0.3 is 6.09 Å². The number of hydrogen-bond donors (Lipinski definition) is 1. The third-order valence-corrected chi connectivity index (χ3v) is 5.73. The van der Waals surface area contributed by atoms with Gasteiger partial charge in [-0.3, -0.25) is 14.5 Å². The van der Waals surface area contributed by atoms with E-state index in [-0.39, 0.29) is 30.5 Å². The van der Waals surface area contributed by atoms with Crippen LogP contribution in [0.2, 0.25) is 0 Å². The van der Waals surface area contributed by atoms with Gasteiger partial charge in [0.2, 0.25) is 0 Å². The maximum Gasteiger partial charge on any atom is 0.410 e. The first-order valence-electron chi connectivity index (χ1n) is 11.0. The maximum atomic E-state index is 12.7. The van der Waals surface area contributed by atoms with Gasteiger partial charge in [0.25, 0.3) is 11.8 Å². The number of fused-ring (bicyclic) bond motifs is 1. The first kappa shape index (κ1) is 21.9. The molecule has 4 rings (SSSR count). The number of nitrogens with one attached hydrogen (secondary N) is 1. The molecular weight excluding hydrogens is 406 g/mol. The zero-order chi connectivity index (χ0) is 22.9. The molecule has 0 atom stereocenters. The number of para-hydroxylation sites is 1. The number of hydrogen-bond acceptors (Lipinski definition) is 5. The molecule has 0 aromatic heterocycles. The highest BCUT2D eigenvalue weighted by atomic mass is 16.6. The van der Waals surface area contributed by atoms with E-state index in [9.17, 15) is 14.4 Å². The van der Waals surface area contributed by atoms with E-state index in [1.807, 2.05) is 45.0 Å². The summed E-state index contributed by atoms with van der Waals surface area (Å²) in [6.45, 7) is 7.05. The summed E-state index contributed by atoms with van der Waals surface area (Å²) in [5.41, 5.74) is 2.20. The first-order valence-corrected chi connectivity index (χ1v) is 11.0. The minimum absolute atomic E-state index is 0.192. The summed E-state index contributed by atoms with van der Waals surface area (Å²) >= 11 is 0. The number of piperidine rings is 1. The van der Waals surface area contributed by atoms with Crippen molar-refractivity contribution in [3.8, 4) is 0 Å². The Morgan fingerprint density at radius 3 is 2.12 bits per heavy atom. The van der Waals surface area contributed by atoms with E-state index < -0.39 is 5.60 Å². The highest BCUT2D eigenvalue weighted by molar-refractivity contribution is 6.21. The Kier molecular flexibility index (Phi) is 5.91. The van der Waals surface area contributed by atoms with Gasteiger partial charge in [0.1, 0.15) is 5.60 Å². The number of nitrogens with zero attached hydrogens (tertiary/aromatic N) is 2. The molecule has 2 aromatic rings. The van der Waals surface area contributed by atoms with E-state index in [0.717, 1.165) is 24.1 Å². The molecule has 0 radical (unpaired) electrons. The molecule has 0 spiro atoms. The first-order chi connectivity index (χ1) is 15.2. The summed E-state index contributed by atoms with van der Waals surface area (Å²) in [5, 5.41) is 3.55. The number of anilines is 1. The largest absolute Gasteiger partial charge is 0.444 e. The monoisotopic (exact) mass is 435 g/mol. The molecule has 2 aliphatic heterocycles. The lowest BCUT2D eigenvalue weighted by Gasteiger charge is -2.34. The molecular formula is C25H29N3O4. The van der Waals surface area contributed by atoms with E-state index in [0.29, 0.717) is 24.2 Å². The lowest BCUT2D eigenvalue weighted by atomic mass is 10.0. The molecule has 7 nitrogen and oxygen atoms in total. The van der Waals surface area contributed by atoms with Crippen LogP contribution in [0.4, 0.5) is 10.5 Å². The Bertz CT molecular complexity index is 1000. The van der Waals surface area contributed by atoms with Crippen LogP contribution in [0.15, 0.2) is 48.5 Å². The van der Waals surface area contributed by atoms with Crippen LogP contribution in [-0.4, -0.2) is 52.4 Å². The molecule has 3 amide bonds.